The molecular weight excluding hydrogens is 252 g/mol. The summed E-state index contributed by atoms with van der Waals surface area (Å²) in [6.45, 7) is 5.49. The largest absolute Gasteiger partial charge is 0.375 e. The van der Waals surface area contributed by atoms with Crippen LogP contribution < -0.4 is 5.73 Å². The number of carbonyl (C=O) groups excluding carboxylic acids is 1. The number of carbonyl (C=O) groups is 1. The summed E-state index contributed by atoms with van der Waals surface area (Å²) < 4.78 is 5.54. The summed E-state index contributed by atoms with van der Waals surface area (Å²) in [6, 6.07) is 0.418. The van der Waals surface area contributed by atoms with Crippen molar-refractivity contribution in [2.75, 3.05) is 13.2 Å². The molecule has 0 bridgehead atoms. The molecule has 2 unspecified atom stereocenters. The molecule has 0 aromatic rings. The number of nitrogens with two attached hydrogens (primary N) is 1. The molecule has 18 heavy (non-hydrogen) atoms. The van der Waals surface area contributed by atoms with E-state index in [0.717, 1.165) is 19.4 Å². The molecule has 2 fully saturated rings. The van der Waals surface area contributed by atoms with Crippen molar-refractivity contribution in [1.29, 1.82) is 0 Å². The molecule has 1 aliphatic heterocycles. The maximum atomic E-state index is 12.3. The van der Waals surface area contributed by atoms with Gasteiger partial charge in [-0.2, -0.15) is 0 Å². The molecule has 4 nitrogen and oxygen atoms in total. The second-order valence-corrected chi connectivity index (χ2v) is 5.46. The second kappa shape index (κ2) is 6.73. The van der Waals surface area contributed by atoms with Gasteiger partial charge in [-0.05, 0) is 32.6 Å². The van der Waals surface area contributed by atoms with Crippen molar-refractivity contribution in [3.05, 3.63) is 0 Å². The summed E-state index contributed by atoms with van der Waals surface area (Å²) in [6.07, 6.45) is 4.13. The topological polar surface area (TPSA) is 55.6 Å². The molecule has 106 valence electrons. The summed E-state index contributed by atoms with van der Waals surface area (Å²) in [5.74, 6) is 0.655. The highest BCUT2D eigenvalue weighted by Gasteiger charge is 2.32. The average molecular weight is 277 g/mol. The Hall–Kier alpha value is -0.320. The average Bonchev–Trinajstić information content (AvgIpc) is 2.68. The maximum absolute atomic E-state index is 12.3. The monoisotopic (exact) mass is 276 g/mol. The zero-order chi connectivity index (χ0) is 12.4. The second-order valence-electron chi connectivity index (χ2n) is 5.46. The molecule has 2 rings (SSSR count). The van der Waals surface area contributed by atoms with Crippen LogP contribution in [0.25, 0.3) is 0 Å². The van der Waals surface area contributed by atoms with E-state index in [1.54, 1.807) is 0 Å². The number of ether oxygens (including phenoxy) is 1. The van der Waals surface area contributed by atoms with E-state index in [-0.39, 0.29) is 36.5 Å². The van der Waals surface area contributed by atoms with Crippen LogP contribution in [-0.2, 0) is 9.53 Å². The van der Waals surface area contributed by atoms with Gasteiger partial charge in [0.25, 0.3) is 0 Å². The Bertz CT molecular complexity index is 288. The van der Waals surface area contributed by atoms with E-state index in [9.17, 15) is 4.79 Å². The first kappa shape index (κ1) is 15.7. The van der Waals surface area contributed by atoms with E-state index >= 15 is 0 Å². The quantitative estimate of drug-likeness (QED) is 0.833. The molecule has 1 saturated carbocycles. The first-order valence-corrected chi connectivity index (χ1v) is 6.76. The number of amides is 1. The van der Waals surface area contributed by atoms with Gasteiger partial charge in [0.05, 0.1) is 18.8 Å². The number of hydrogen-bond donors (Lipinski definition) is 1. The molecule has 0 aromatic heterocycles. The number of morpholine rings is 1. The minimum Gasteiger partial charge on any atom is -0.375 e. The Morgan fingerprint density at radius 3 is 2.72 bits per heavy atom. The molecule has 2 N–H and O–H groups in total. The molecule has 1 saturated heterocycles. The summed E-state index contributed by atoms with van der Waals surface area (Å²) >= 11 is 0. The van der Waals surface area contributed by atoms with Crippen molar-refractivity contribution in [3.63, 3.8) is 0 Å². The molecular formula is C13H25ClN2O2. The van der Waals surface area contributed by atoms with Gasteiger partial charge in [0, 0.05) is 19.0 Å². The van der Waals surface area contributed by atoms with E-state index in [1.165, 1.54) is 6.42 Å². The van der Waals surface area contributed by atoms with Gasteiger partial charge < -0.3 is 15.4 Å². The van der Waals surface area contributed by atoms with Gasteiger partial charge in [0.2, 0.25) is 5.91 Å². The van der Waals surface area contributed by atoms with Crippen LogP contribution in [0.5, 0.6) is 0 Å². The normalized spacial score (nSPS) is 36.3. The van der Waals surface area contributed by atoms with Crippen LogP contribution in [0, 0.1) is 5.92 Å². The molecule has 5 heteroatoms. The first-order chi connectivity index (χ1) is 8.09. The standard InChI is InChI=1S/C13H24N2O2.ClH/c1-9-10(2)17-7-6-15(9)13(16)8-11-4-3-5-12(11)14;/h9-12H,3-8,14H2,1-2H3;1H/t9?,10?,11-,12+;/m0./s1. The highest BCUT2D eigenvalue weighted by Crippen LogP contribution is 2.28. The third kappa shape index (κ3) is 3.37. The van der Waals surface area contributed by atoms with E-state index in [4.69, 9.17) is 10.5 Å². The molecule has 0 aromatic carbocycles. The van der Waals surface area contributed by atoms with E-state index < -0.39 is 0 Å². The van der Waals surface area contributed by atoms with Crippen LogP contribution in [0.15, 0.2) is 0 Å². The summed E-state index contributed by atoms with van der Waals surface area (Å²) in [4.78, 5) is 14.2. The summed E-state index contributed by atoms with van der Waals surface area (Å²) in [5.41, 5.74) is 6.02. The van der Waals surface area contributed by atoms with E-state index in [0.29, 0.717) is 18.9 Å². The fourth-order valence-corrected chi connectivity index (χ4v) is 2.95. The third-order valence-electron chi connectivity index (χ3n) is 4.36. The van der Waals surface area contributed by atoms with Gasteiger partial charge in [-0.15, -0.1) is 12.4 Å². The number of hydrogen-bond acceptors (Lipinski definition) is 3. The summed E-state index contributed by atoms with van der Waals surface area (Å²) in [7, 11) is 0. The third-order valence-corrected chi connectivity index (χ3v) is 4.36. The number of halogens is 1. The highest BCUT2D eigenvalue weighted by atomic mass is 35.5. The van der Waals surface area contributed by atoms with Crippen LogP contribution >= 0.6 is 12.4 Å². The number of rotatable bonds is 2. The Morgan fingerprint density at radius 2 is 2.11 bits per heavy atom. The van der Waals surface area contributed by atoms with Crippen molar-refractivity contribution in [2.45, 2.75) is 57.7 Å². The number of nitrogens with zero attached hydrogens (tertiary/aromatic N) is 1. The predicted octanol–water partition coefficient (Wildman–Crippen LogP) is 1.56. The van der Waals surface area contributed by atoms with Gasteiger partial charge in [0.1, 0.15) is 0 Å². The van der Waals surface area contributed by atoms with Crippen LogP contribution in [0.3, 0.4) is 0 Å². The van der Waals surface area contributed by atoms with Crippen molar-refractivity contribution >= 4 is 18.3 Å². The first-order valence-electron chi connectivity index (χ1n) is 6.76. The lowest BCUT2D eigenvalue weighted by Gasteiger charge is -2.38. The van der Waals surface area contributed by atoms with Crippen molar-refractivity contribution in [1.82, 2.24) is 4.90 Å². The minimum atomic E-state index is 0. The van der Waals surface area contributed by atoms with E-state index in [1.807, 2.05) is 11.8 Å². The van der Waals surface area contributed by atoms with Gasteiger partial charge in [-0.3, -0.25) is 4.79 Å². The van der Waals surface area contributed by atoms with Crippen molar-refractivity contribution in [2.24, 2.45) is 11.7 Å². The molecule has 1 heterocycles. The Kier molecular flexibility index (Phi) is 5.89. The highest BCUT2D eigenvalue weighted by molar-refractivity contribution is 5.85. The fraction of sp³-hybridized carbons (Fsp3) is 0.923. The van der Waals surface area contributed by atoms with Crippen LogP contribution in [0.1, 0.15) is 39.5 Å². The smallest absolute Gasteiger partial charge is 0.223 e. The van der Waals surface area contributed by atoms with Gasteiger partial charge >= 0.3 is 0 Å². The lowest BCUT2D eigenvalue weighted by atomic mass is 9.98. The van der Waals surface area contributed by atoms with Crippen molar-refractivity contribution in [3.8, 4) is 0 Å². The van der Waals surface area contributed by atoms with Crippen LogP contribution in [0.4, 0.5) is 0 Å². The zero-order valence-electron chi connectivity index (χ0n) is 11.3. The molecule has 0 radical (unpaired) electrons. The SMILES string of the molecule is CC1OCCN(C(=O)C[C@@H]2CCC[C@H]2N)C1C.Cl. The Morgan fingerprint density at radius 1 is 1.39 bits per heavy atom. The molecule has 2 aliphatic rings. The molecule has 1 amide bonds. The van der Waals surface area contributed by atoms with E-state index in [2.05, 4.69) is 6.92 Å². The molecule has 0 spiro atoms. The van der Waals surface area contributed by atoms with Crippen LogP contribution in [0.2, 0.25) is 0 Å². The van der Waals surface area contributed by atoms with Gasteiger partial charge in [-0.1, -0.05) is 6.42 Å². The van der Waals surface area contributed by atoms with Crippen LogP contribution in [-0.4, -0.2) is 42.1 Å². The Balaban J connectivity index is 0.00000162. The maximum Gasteiger partial charge on any atom is 0.223 e. The summed E-state index contributed by atoms with van der Waals surface area (Å²) in [5, 5.41) is 0. The lowest BCUT2D eigenvalue weighted by molar-refractivity contribution is -0.145. The minimum absolute atomic E-state index is 0. The van der Waals surface area contributed by atoms with Gasteiger partial charge in [0.15, 0.2) is 0 Å². The van der Waals surface area contributed by atoms with Crippen molar-refractivity contribution < 1.29 is 9.53 Å². The predicted molar refractivity (Wildman–Crippen MR) is 73.8 cm³/mol. The molecule has 4 atom stereocenters. The molecule has 1 aliphatic carbocycles. The Labute approximate surface area is 116 Å². The fourth-order valence-electron chi connectivity index (χ4n) is 2.95. The lowest BCUT2D eigenvalue weighted by Crippen LogP contribution is -2.51. The zero-order valence-corrected chi connectivity index (χ0v) is 12.1. The van der Waals surface area contributed by atoms with Gasteiger partial charge in [-0.25, -0.2) is 0 Å².